The largest absolute Gasteiger partial charge is 0.497 e. The van der Waals surface area contributed by atoms with Gasteiger partial charge in [0, 0.05) is 5.54 Å². The van der Waals surface area contributed by atoms with E-state index in [1.807, 2.05) is 24.3 Å². The molecule has 0 saturated carbocycles. The molecule has 0 amide bonds. The van der Waals surface area contributed by atoms with Crippen molar-refractivity contribution in [1.82, 2.24) is 5.32 Å². The van der Waals surface area contributed by atoms with Gasteiger partial charge in [0.1, 0.15) is 11.5 Å². The van der Waals surface area contributed by atoms with Crippen LogP contribution in [0, 0.1) is 0 Å². The van der Waals surface area contributed by atoms with Gasteiger partial charge in [0.25, 0.3) is 0 Å². The summed E-state index contributed by atoms with van der Waals surface area (Å²) >= 11 is 0. The SMILES string of the molecule is COc1ccc(C2(C)NC(C)(C)CO2)cc1. The van der Waals surface area contributed by atoms with Gasteiger partial charge >= 0.3 is 0 Å². The minimum absolute atomic E-state index is 0.0225. The zero-order chi connectivity index (χ0) is 11.8. The van der Waals surface area contributed by atoms with Crippen LogP contribution in [-0.2, 0) is 10.5 Å². The number of methoxy groups -OCH3 is 1. The maximum absolute atomic E-state index is 5.86. The Kier molecular flexibility index (Phi) is 2.68. The Morgan fingerprint density at radius 1 is 1.19 bits per heavy atom. The lowest BCUT2D eigenvalue weighted by molar-refractivity contribution is 0.00216. The van der Waals surface area contributed by atoms with Crippen LogP contribution in [0.5, 0.6) is 5.75 Å². The average molecular weight is 221 g/mol. The molecular formula is C13H19NO2. The molecule has 1 aliphatic rings. The van der Waals surface area contributed by atoms with E-state index < -0.39 is 5.72 Å². The molecule has 0 radical (unpaired) electrons. The summed E-state index contributed by atoms with van der Waals surface area (Å²) in [6.45, 7) is 7.06. The highest BCUT2D eigenvalue weighted by Gasteiger charge is 2.41. The minimum Gasteiger partial charge on any atom is -0.497 e. The van der Waals surface area contributed by atoms with Crippen molar-refractivity contribution in [3.63, 3.8) is 0 Å². The summed E-state index contributed by atoms with van der Waals surface area (Å²) < 4.78 is 11.0. The number of benzene rings is 1. The summed E-state index contributed by atoms with van der Waals surface area (Å²) in [6, 6.07) is 7.98. The Morgan fingerprint density at radius 2 is 1.81 bits per heavy atom. The molecule has 1 fully saturated rings. The molecule has 0 aromatic heterocycles. The normalized spacial score (nSPS) is 28.0. The lowest BCUT2D eigenvalue weighted by atomic mass is 10.0. The molecule has 1 aromatic carbocycles. The van der Waals surface area contributed by atoms with E-state index in [0.717, 1.165) is 17.9 Å². The molecule has 1 unspecified atom stereocenters. The van der Waals surface area contributed by atoms with Gasteiger partial charge in [-0.15, -0.1) is 0 Å². The Bertz CT molecular complexity index is 372. The molecule has 1 atom stereocenters. The van der Waals surface area contributed by atoms with Gasteiger partial charge in [-0.3, -0.25) is 5.32 Å². The first-order chi connectivity index (χ1) is 7.45. The Morgan fingerprint density at radius 3 is 2.25 bits per heavy atom. The quantitative estimate of drug-likeness (QED) is 0.831. The molecule has 1 aromatic rings. The number of rotatable bonds is 2. The number of hydrogen-bond donors (Lipinski definition) is 1. The summed E-state index contributed by atoms with van der Waals surface area (Å²) in [6.07, 6.45) is 0. The van der Waals surface area contributed by atoms with Crippen LogP contribution in [0.25, 0.3) is 0 Å². The van der Waals surface area contributed by atoms with Gasteiger partial charge in [-0.25, -0.2) is 0 Å². The summed E-state index contributed by atoms with van der Waals surface area (Å²) in [5.41, 5.74) is 0.753. The van der Waals surface area contributed by atoms with Crippen LogP contribution in [0.3, 0.4) is 0 Å². The van der Waals surface area contributed by atoms with Crippen molar-refractivity contribution in [3.8, 4) is 5.75 Å². The Hall–Kier alpha value is -1.06. The summed E-state index contributed by atoms with van der Waals surface area (Å²) in [5.74, 6) is 0.865. The van der Waals surface area contributed by atoms with Crippen LogP contribution in [0.15, 0.2) is 24.3 Å². The van der Waals surface area contributed by atoms with Crippen LogP contribution in [-0.4, -0.2) is 19.3 Å². The van der Waals surface area contributed by atoms with Crippen molar-refractivity contribution in [2.45, 2.75) is 32.0 Å². The molecule has 1 heterocycles. The first kappa shape index (κ1) is 11.4. The lowest BCUT2D eigenvalue weighted by Gasteiger charge is -2.27. The summed E-state index contributed by atoms with van der Waals surface area (Å²) in [7, 11) is 1.67. The lowest BCUT2D eigenvalue weighted by Crippen LogP contribution is -2.44. The van der Waals surface area contributed by atoms with Crippen LogP contribution < -0.4 is 10.1 Å². The smallest absolute Gasteiger partial charge is 0.143 e. The molecule has 0 spiro atoms. The fraction of sp³-hybridized carbons (Fsp3) is 0.538. The standard InChI is InChI=1S/C13H19NO2/c1-12(2)9-16-13(3,14-12)10-5-7-11(15-4)8-6-10/h5-8,14H,9H2,1-4H3. The second-order valence-electron chi connectivity index (χ2n) is 5.06. The summed E-state index contributed by atoms with van der Waals surface area (Å²) in [4.78, 5) is 0. The minimum atomic E-state index is -0.393. The molecule has 3 heteroatoms. The van der Waals surface area contributed by atoms with Crippen LogP contribution in [0.2, 0.25) is 0 Å². The predicted molar refractivity (Wildman–Crippen MR) is 63.5 cm³/mol. The zero-order valence-corrected chi connectivity index (χ0v) is 10.3. The second-order valence-corrected chi connectivity index (χ2v) is 5.06. The third-order valence-electron chi connectivity index (χ3n) is 2.94. The number of ether oxygens (including phenoxy) is 2. The van der Waals surface area contributed by atoms with Gasteiger partial charge in [-0.2, -0.15) is 0 Å². The van der Waals surface area contributed by atoms with Crippen LogP contribution in [0.4, 0.5) is 0 Å². The molecule has 88 valence electrons. The number of nitrogens with one attached hydrogen (secondary N) is 1. The Labute approximate surface area is 96.8 Å². The van der Waals surface area contributed by atoms with Gasteiger partial charge < -0.3 is 9.47 Å². The van der Waals surface area contributed by atoms with E-state index in [1.54, 1.807) is 7.11 Å². The molecule has 3 nitrogen and oxygen atoms in total. The van der Waals surface area contributed by atoms with Crippen molar-refractivity contribution in [3.05, 3.63) is 29.8 Å². The van der Waals surface area contributed by atoms with Crippen molar-refractivity contribution in [2.24, 2.45) is 0 Å². The second kappa shape index (κ2) is 3.75. The highest BCUT2D eigenvalue weighted by Crippen LogP contribution is 2.32. The summed E-state index contributed by atoms with van der Waals surface area (Å²) in [5, 5.41) is 3.50. The fourth-order valence-electron chi connectivity index (χ4n) is 2.11. The van der Waals surface area contributed by atoms with E-state index in [1.165, 1.54) is 0 Å². The number of hydrogen-bond acceptors (Lipinski definition) is 3. The molecule has 1 aliphatic heterocycles. The highest BCUT2D eigenvalue weighted by atomic mass is 16.5. The van der Waals surface area contributed by atoms with Gasteiger partial charge in [-0.1, -0.05) is 12.1 Å². The molecule has 1 saturated heterocycles. The average Bonchev–Trinajstić information content (AvgIpc) is 2.54. The molecule has 0 bridgehead atoms. The van der Waals surface area contributed by atoms with Crippen LogP contribution in [0.1, 0.15) is 26.3 Å². The van der Waals surface area contributed by atoms with Crippen molar-refractivity contribution < 1.29 is 9.47 Å². The first-order valence-electron chi connectivity index (χ1n) is 5.53. The van der Waals surface area contributed by atoms with E-state index in [-0.39, 0.29) is 5.54 Å². The van der Waals surface area contributed by atoms with E-state index in [0.29, 0.717) is 0 Å². The van der Waals surface area contributed by atoms with E-state index in [2.05, 4.69) is 26.1 Å². The fourth-order valence-corrected chi connectivity index (χ4v) is 2.11. The van der Waals surface area contributed by atoms with Crippen molar-refractivity contribution in [2.75, 3.05) is 13.7 Å². The molecule has 0 aliphatic carbocycles. The van der Waals surface area contributed by atoms with Crippen LogP contribution >= 0.6 is 0 Å². The predicted octanol–water partition coefficient (Wildman–Crippen LogP) is 2.27. The van der Waals surface area contributed by atoms with E-state index in [4.69, 9.17) is 9.47 Å². The molecule has 16 heavy (non-hydrogen) atoms. The third kappa shape index (κ3) is 2.06. The third-order valence-corrected chi connectivity index (χ3v) is 2.94. The van der Waals surface area contributed by atoms with Crippen molar-refractivity contribution in [1.29, 1.82) is 0 Å². The molecule has 2 rings (SSSR count). The van der Waals surface area contributed by atoms with Crippen molar-refractivity contribution >= 4 is 0 Å². The monoisotopic (exact) mass is 221 g/mol. The molecular weight excluding hydrogens is 202 g/mol. The first-order valence-corrected chi connectivity index (χ1v) is 5.53. The van der Waals surface area contributed by atoms with E-state index in [9.17, 15) is 0 Å². The van der Waals surface area contributed by atoms with Gasteiger partial charge in [-0.05, 0) is 38.5 Å². The topological polar surface area (TPSA) is 30.5 Å². The zero-order valence-electron chi connectivity index (χ0n) is 10.3. The van der Waals surface area contributed by atoms with Gasteiger partial charge in [0.2, 0.25) is 0 Å². The highest BCUT2D eigenvalue weighted by molar-refractivity contribution is 5.31. The molecule has 1 N–H and O–H groups in total. The van der Waals surface area contributed by atoms with Gasteiger partial charge in [0.15, 0.2) is 0 Å². The Balaban J connectivity index is 2.23. The van der Waals surface area contributed by atoms with E-state index >= 15 is 0 Å². The maximum atomic E-state index is 5.86. The maximum Gasteiger partial charge on any atom is 0.143 e. The van der Waals surface area contributed by atoms with Gasteiger partial charge in [0.05, 0.1) is 13.7 Å².